The zero-order valence-corrected chi connectivity index (χ0v) is 11.6. The Kier molecular flexibility index (Phi) is 3.39. The number of nitriles is 1. The summed E-state index contributed by atoms with van der Waals surface area (Å²) in [7, 11) is 0. The average molecular weight is 300 g/mol. The van der Waals surface area contributed by atoms with Gasteiger partial charge in [0.25, 0.3) is 11.8 Å². The monoisotopic (exact) mass is 300 g/mol. The van der Waals surface area contributed by atoms with Crippen LogP contribution in [0.2, 0.25) is 0 Å². The summed E-state index contributed by atoms with van der Waals surface area (Å²) >= 11 is 0. The maximum Gasteiger partial charge on any atom is 0.355 e. The Morgan fingerprint density at radius 1 is 1.27 bits per heavy atom. The van der Waals surface area contributed by atoms with Crippen LogP contribution in [0.15, 0.2) is 24.3 Å². The fourth-order valence-corrected chi connectivity index (χ4v) is 2.51. The SMILES string of the molecule is N#CC1(C(=O)ON2C(=O)c3ccccc3C2=O)CCCOC1. The van der Waals surface area contributed by atoms with Gasteiger partial charge in [-0.25, -0.2) is 4.79 Å². The van der Waals surface area contributed by atoms with Crippen LogP contribution in [-0.2, 0) is 14.4 Å². The van der Waals surface area contributed by atoms with E-state index in [9.17, 15) is 19.6 Å². The normalized spacial score (nSPS) is 23.9. The van der Waals surface area contributed by atoms with Crippen LogP contribution in [0.25, 0.3) is 0 Å². The van der Waals surface area contributed by atoms with E-state index in [-0.39, 0.29) is 24.2 Å². The van der Waals surface area contributed by atoms with Crippen LogP contribution in [0.4, 0.5) is 0 Å². The number of amides is 2. The van der Waals surface area contributed by atoms with Gasteiger partial charge in [0, 0.05) is 6.61 Å². The van der Waals surface area contributed by atoms with Crippen LogP contribution in [0, 0.1) is 16.7 Å². The molecule has 1 aromatic carbocycles. The lowest BCUT2D eigenvalue weighted by molar-refractivity contribution is -0.183. The molecule has 0 saturated carbocycles. The molecule has 1 aromatic rings. The molecule has 1 unspecified atom stereocenters. The highest BCUT2D eigenvalue weighted by Gasteiger charge is 2.47. The van der Waals surface area contributed by atoms with E-state index in [1.165, 1.54) is 12.1 Å². The molecule has 1 fully saturated rings. The van der Waals surface area contributed by atoms with Gasteiger partial charge in [0.1, 0.15) is 0 Å². The first kappa shape index (κ1) is 14.2. The summed E-state index contributed by atoms with van der Waals surface area (Å²) in [6, 6.07) is 8.08. The van der Waals surface area contributed by atoms with Crippen LogP contribution in [0.1, 0.15) is 33.6 Å². The highest BCUT2D eigenvalue weighted by atomic mass is 16.7. The lowest BCUT2D eigenvalue weighted by atomic mass is 9.84. The second kappa shape index (κ2) is 5.24. The van der Waals surface area contributed by atoms with E-state index < -0.39 is 23.2 Å². The van der Waals surface area contributed by atoms with Crippen molar-refractivity contribution in [1.82, 2.24) is 5.06 Å². The number of rotatable bonds is 2. The van der Waals surface area contributed by atoms with Gasteiger partial charge in [-0.15, -0.1) is 0 Å². The van der Waals surface area contributed by atoms with E-state index in [1.54, 1.807) is 12.1 Å². The number of carbonyl (C=O) groups excluding carboxylic acids is 3. The zero-order chi connectivity index (χ0) is 15.7. The van der Waals surface area contributed by atoms with E-state index in [0.717, 1.165) is 0 Å². The Hall–Kier alpha value is -2.72. The van der Waals surface area contributed by atoms with Crippen molar-refractivity contribution < 1.29 is 24.0 Å². The van der Waals surface area contributed by atoms with Crippen LogP contribution < -0.4 is 0 Å². The molecule has 2 heterocycles. The standard InChI is InChI=1S/C15H12N2O5/c16-8-15(6-3-7-21-9-15)14(20)22-17-12(18)10-4-1-2-5-11(10)13(17)19/h1-2,4-5H,3,6-7,9H2. The fraction of sp³-hybridized carbons (Fsp3) is 0.333. The number of ether oxygens (including phenoxy) is 1. The number of nitrogens with zero attached hydrogens (tertiary/aromatic N) is 2. The topological polar surface area (TPSA) is 96.7 Å². The number of hydrogen-bond acceptors (Lipinski definition) is 6. The molecule has 0 bridgehead atoms. The molecular formula is C15H12N2O5. The molecule has 1 saturated heterocycles. The molecule has 112 valence electrons. The van der Waals surface area contributed by atoms with E-state index in [4.69, 9.17) is 9.57 Å². The summed E-state index contributed by atoms with van der Waals surface area (Å²) in [5, 5.41) is 9.69. The van der Waals surface area contributed by atoms with Crippen molar-refractivity contribution in [1.29, 1.82) is 5.26 Å². The van der Waals surface area contributed by atoms with Crippen molar-refractivity contribution in [2.75, 3.05) is 13.2 Å². The quantitative estimate of drug-likeness (QED) is 0.758. The van der Waals surface area contributed by atoms with Crippen molar-refractivity contribution >= 4 is 17.8 Å². The Morgan fingerprint density at radius 2 is 1.91 bits per heavy atom. The minimum absolute atomic E-state index is 0.106. The number of hydroxylamine groups is 2. The van der Waals surface area contributed by atoms with Crippen molar-refractivity contribution in [3.05, 3.63) is 35.4 Å². The second-order valence-corrected chi connectivity index (χ2v) is 5.18. The lowest BCUT2D eigenvalue weighted by Gasteiger charge is -2.28. The Morgan fingerprint density at radius 3 is 2.41 bits per heavy atom. The maximum atomic E-state index is 12.3. The summed E-state index contributed by atoms with van der Waals surface area (Å²) in [5.41, 5.74) is -1.13. The van der Waals surface area contributed by atoms with Crippen LogP contribution in [0.5, 0.6) is 0 Å². The van der Waals surface area contributed by atoms with E-state index in [2.05, 4.69) is 0 Å². The van der Waals surface area contributed by atoms with E-state index in [0.29, 0.717) is 18.1 Å². The largest absolute Gasteiger partial charge is 0.379 e. The van der Waals surface area contributed by atoms with Crippen LogP contribution in [0.3, 0.4) is 0 Å². The summed E-state index contributed by atoms with van der Waals surface area (Å²) < 4.78 is 5.17. The van der Waals surface area contributed by atoms with Gasteiger partial charge in [0.15, 0.2) is 5.41 Å². The first-order valence-corrected chi connectivity index (χ1v) is 6.78. The zero-order valence-electron chi connectivity index (χ0n) is 11.6. The minimum Gasteiger partial charge on any atom is -0.379 e. The molecule has 22 heavy (non-hydrogen) atoms. The highest BCUT2D eigenvalue weighted by Crippen LogP contribution is 2.31. The predicted molar refractivity (Wildman–Crippen MR) is 71.1 cm³/mol. The number of imide groups is 1. The van der Waals surface area contributed by atoms with Crippen LogP contribution >= 0.6 is 0 Å². The molecule has 0 aromatic heterocycles. The molecule has 1 atom stereocenters. The summed E-state index contributed by atoms with van der Waals surface area (Å²) in [6.07, 6.45) is 0.802. The second-order valence-electron chi connectivity index (χ2n) is 5.18. The smallest absolute Gasteiger partial charge is 0.355 e. The first-order chi connectivity index (χ1) is 10.6. The van der Waals surface area contributed by atoms with Crippen molar-refractivity contribution in [2.24, 2.45) is 5.41 Å². The van der Waals surface area contributed by atoms with Gasteiger partial charge in [-0.1, -0.05) is 17.2 Å². The number of carbonyl (C=O) groups is 3. The number of fused-ring (bicyclic) bond motifs is 1. The molecule has 7 nitrogen and oxygen atoms in total. The molecule has 0 radical (unpaired) electrons. The molecule has 0 spiro atoms. The minimum atomic E-state index is -1.48. The number of benzene rings is 1. The maximum absolute atomic E-state index is 12.3. The Balaban J connectivity index is 1.83. The third-order valence-electron chi connectivity index (χ3n) is 3.78. The van der Waals surface area contributed by atoms with Gasteiger partial charge < -0.3 is 9.57 Å². The van der Waals surface area contributed by atoms with Crippen molar-refractivity contribution in [2.45, 2.75) is 12.8 Å². The van der Waals surface area contributed by atoms with Crippen molar-refractivity contribution in [3.63, 3.8) is 0 Å². The predicted octanol–water partition coefficient (Wildman–Crippen LogP) is 1.06. The third kappa shape index (κ3) is 2.05. The third-order valence-corrected chi connectivity index (χ3v) is 3.78. The number of hydrogen-bond donors (Lipinski definition) is 0. The van der Waals surface area contributed by atoms with E-state index in [1.807, 2.05) is 6.07 Å². The lowest BCUT2D eigenvalue weighted by Crippen LogP contribution is -2.44. The molecule has 0 aliphatic carbocycles. The van der Waals surface area contributed by atoms with Gasteiger partial charge in [0.05, 0.1) is 23.8 Å². The molecule has 7 heteroatoms. The Labute approximate surface area is 126 Å². The summed E-state index contributed by atoms with van der Waals surface area (Å²) in [6.45, 7) is 0.356. The first-order valence-electron chi connectivity index (χ1n) is 6.78. The molecular weight excluding hydrogens is 288 g/mol. The van der Waals surface area contributed by atoms with Crippen molar-refractivity contribution in [3.8, 4) is 6.07 Å². The molecule has 0 N–H and O–H groups in total. The molecule has 2 amide bonds. The van der Waals surface area contributed by atoms with Gasteiger partial charge in [-0.05, 0) is 25.0 Å². The summed E-state index contributed by atoms with van der Waals surface area (Å²) in [5.74, 6) is -2.36. The molecule has 3 rings (SSSR count). The van der Waals surface area contributed by atoms with E-state index >= 15 is 0 Å². The van der Waals surface area contributed by atoms with Gasteiger partial charge in [0.2, 0.25) is 0 Å². The fourth-order valence-electron chi connectivity index (χ4n) is 2.51. The van der Waals surface area contributed by atoms with Crippen LogP contribution in [-0.4, -0.2) is 36.1 Å². The van der Waals surface area contributed by atoms with Gasteiger partial charge in [-0.3, -0.25) is 9.59 Å². The molecule has 2 aliphatic heterocycles. The van der Waals surface area contributed by atoms with Gasteiger partial charge >= 0.3 is 5.97 Å². The molecule has 2 aliphatic rings. The van der Waals surface area contributed by atoms with Gasteiger partial charge in [-0.2, -0.15) is 5.26 Å². The average Bonchev–Trinajstić information content (AvgIpc) is 2.81. The Bertz CT molecular complexity index is 665. The highest BCUT2D eigenvalue weighted by molar-refractivity contribution is 6.20. The summed E-state index contributed by atoms with van der Waals surface area (Å²) in [4.78, 5) is 41.5.